The number of para-hydroxylation sites is 1. The number of ether oxygens (including phenoxy) is 1. The third kappa shape index (κ3) is 7.25. The molecule has 0 unspecified atom stereocenters. The van der Waals surface area contributed by atoms with Crippen molar-refractivity contribution in [2.45, 2.75) is 39.8 Å². The van der Waals surface area contributed by atoms with E-state index in [2.05, 4.69) is 17.2 Å². The van der Waals surface area contributed by atoms with Gasteiger partial charge in [0.25, 0.3) is 0 Å². The van der Waals surface area contributed by atoms with Gasteiger partial charge >= 0.3 is 0 Å². The van der Waals surface area contributed by atoms with Crippen molar-refractivity contribution in [1.29, 1.82) is 0 Å². The molecule has 0 aliphatic carbocycles. The van der Waals surface area contributed by atoms with E-state index in [0.29, 0.717) is 12.5 Å². The topological polar surface area (TPSA) is 59.6 Å². The lowest BCUT2D eigenvalue weighted by Crippen LogP contribution is -2.32. The van der Waals surface area contributed by atoms with Crippen LogP contribution in [0.2, 0.25) is 0 Å². The Kier molecular flexibility index (Phi) is 9.38. The fourth-order valence-electron chi connectivity index (χ4n) is 1.48. The molecular weight excluding hydrogens is 353 g/mol. The predicted molar refractivity (Wildman–Crippen MR) is 91.2 cm³/mol. The summed E-state index contributed by atoms with van der Waals surface area (Å²) in [5.41, 5.74) is 6.81. The first-order valence-corrected chi connectivity index (χ1v) is 6.41. The first kappa shape index (κ1) is 18.0. The van der Waals surface area contributed by atoms with Gasteiger partial charge in [-0.3, -0.25) is 0 Å². The van der Waals surface area contributed by atoms with Crippen molar-refractivity contribution in [2.75, 3.05) is 6.54 Å². The van der Waals surface area contributed by atoms with Gasteiger partial charge in [-0.25, -0.2) is 4.99 Å². The normalized spacial score (nSPS) is 11.1. The van der Waals surface area contributed by atoms with Crippen LogP contribution < -0.4 is 15.8 Å². The molecule has 0 bridgehead atoms. The molecule has 0 aliphatic heterocycles. The SMILES string of the molecule is CCCNC(N)=NCc1ccccc1OC(C)C.I. The summed E-state index contributed by atoms with van der Waals surface area (Å²) in [4.78, 5) is 4.30. The average molecular weight is 377 g/mol. The number of guanidine groups is 1. The third-order valence-electron chi connectivity index (χ3n) is 2.31. The van der Waals surface area contributed by atoms with Crippen LogP contribution in [0.5, 0.6) is 5.75 Å². The molecule has 19 heavy (non-hydrogen) atoms. The molecule has 4 nitrogen and oxygen atoms in total. The molecule has 0 fully saturated rings. The maximum Gasteiger partial charge on any atom is 0.188 e. The Morgan fingerprint density at radius 2 is 2.05 bits per heavy atom. The van der Waals surface area contributed by atoms with Crippen LogP contribution in [0, 0.1) is 0 Å². The third-order valence-corrected chi connectivity index (χ3v) is 2.31. The van der Waals surface area contributed by atoms with Crippen molar-refractivity contribution >= 4 is 29.9 Å². The Labute approximate surface area is 132 Å². The summed E-state index contributed by atoms with van der Waals surface area (Å²) >= 11 is 0. The Hall–Kier alpha value is -0.980. The number of benzene rings is 1. The van der Waals surface area contributed by atoms with Crippen LogP contribution in [0.1, 0.15) is 32.8 Å². The van der Waals surface area contributed by atoms with Crippen LogP contribution in [0.4, 0.5) is 0 Å². The van der Waals surface area contributed by atoms with Crippen molar-refractivity contribution in [1.82, 2.24) is 5.32 Å². The van der Waals surface area contributed by atoms with Crippen LogP contribution in [0.3, 0.4) is 0 Å². The Morgan fingerprint density at radius 1 is 1.37 bits per heavy atom. The van der Waals surface area contributed by atoms with Crippen molar-refractivity contribution in [3.63, 3.8) is 0 Å². The van der Waals surface area contributed by atoms with E-state index in [1.54, 1.807) is 0 Å². The average Bonchev–Trinajstić information content (AvgIpc) is 2.34. The highest BCUT2D eigenvalue weighted by Crippen LogP contribution is 2.19. The lowest BCUT2D eigenvalue weighted by atomic mass is 10.2. The maximum atomic E-state index is 5.76. The molecular formula is C14H24IN3O. The van der Waals surface area contributed by atoms with Crippen molar-refractivity contribution < 1.29 is 4.74 Å². The maximum absolute atomic E-state index is 5.76. The summed E-state index contributed by atoms with van der Waals surface area (Å²) in [6.45, 7) is 7.49. The largest absolute Gasteiger partial charge is 0.491 e. The molecule has 0 aromatic heterocycles. The van der Waals surface area contributed by atoms with Gasteiger partial charge in [0.2, 0.25) is 0 Å². The molecule has 0 aliphatic rings. The second kappa shape index (κ2) is 9.89. The summed E-state index contributed by atoms with van der Waals surface area (Å²) in [5.74, 6) is 1.36. The molecule has 0 atom stereocenters. The van der Waals surface area contributed by atoms with Gasteiger partial charge in [-0.15, -0.1) is 24.0 Å². The molecule has 108 valence electrons. The second-order valence-corrected chi connectivity index (χ2v) is 4.40. The van der Waals surface area contributed by atoms with E-state index >= 15 is 0 Å². The van der Waals surface area contributed by atoms with Gasteiger partial charge in [0, 0.05) is 12.1 Å². The fraction of sp³-hybridized carbons (Fsp3) is 0.500. The molecule has 5 heteroatoms. The van der Waals surface area contributed by atoms with Gasteiger partial charge in [-0.2, -0.15) is 0 Å². The number of hydrogen-bond donors (Lipinski definition) is 2. The van der Waals surface area contributed by atoms with Crippen LogP contribution in [-0.2, 0) is 6.54 Å². The Balaban J connectivity index is 0.00000324. The van der Waals surface area contributed by atoms with Gasteiger partial charge in [0.15, 0.2) is 5.96 Å². The van der Waals surface area contributed by atoms with Gasteiger partial charge in [0.05, 0.1) is 12.6 Å². The zero-order valence-corrected chi connectivity index (χ0v) is 14.2. The Bertz CT molecular complexity index is 394. The minimum Gasteiger partial charge on any atom is -0.491 e. The van der Waals surface area contributed by atoms with E-state index in [9.17, 15) is 0 Å². The van der Waals surface area contributed by atoms with Crippen LogP contribution in [0.15, 0.2) is 29.3 Å². The molecule has 1 aromatic rings. The number of aliphatic imine (C=N–C) groups is 1. The fourth-order valence-corrected chi connectivity index (χ4v) is 1.48. The van der Waals surface area contributed by atoms with Crippen molar-refractivity contribution in [2.24, 2.45) is 10.7 Å². The minimum absolute atomic E-state index is 0. The molecule has 0 spiro atoms. The molecule has 0 saturated heterocycles. The van der Waals surface area contributed by atoms with E-state index in [1.807, 2.05) is 38.1 Å². The number of nitrogens with one attached hydrogen (secondary N) is 1. The molecule has 0 amide bonds. The van der Waals surface area contributed by atoms with Crippen molar-refractivity contribution in [3.05, 3.63) is 29.8 Å². The zero-order chi connectivity index (χ0) is 13.4. The molecule has 3 N–H and O–H groups in total. The summed E-state index contributed by atoms with van der Waals surface area (Å²) in [6, 6.07) is 7.91. The first-order valence-electron chi connectivity index (χ1n) is 6.41. The zero-order valence-electron chi connectivity index (χ0n) is 11.8. The Morgan fingerprint density at radius 3 is 2.68 bits per heavy atom. The molecule has 0 radical (unpaired) electrons. The van der Waals surface area contributed by atoms with Crippen LogP contribution in [-0.4, -0.2) is 18.6 Å². The molecule has 0 heterocycles. The molecule has 1 aromatic carbocycles. The van der Waals surface area contributed by atoms with E-state index in [4.69, 9.17) is 10.5 Å². The number of hydrogen-bond acceptors (Lipinski definition) is 2. The van der Waals surface area contributed by atoms with Gasteiger partial charge in [0.1, 0.15) is 5.75 Å². The number of nitrogens with zero attached hydrogens (tertiary/aromatic N) is 1. The predicted octanol–water partition coefficient (Wildman–Crippen LogP) is 2.91. The number of rotatable bonds is 6. The standard InChI is InChI=1S/C14H23N3O.HI/c1-4-9-16-14(15)17-10-12-7-5-6-8-13(12)18-11(2)3;/h5-8,11H,4,9-10H2,1-3H3,(H3,15,16,17);1H. The van der Waals surface area contributed by atoms with Gasteiger partial charge in [-0.05, 0) is 26.3 Å². The lowest BCUT2D eigenvalue weighted by molar-refractivity contribution is 0.240. The molecule has 0 saturated carbocycles. The smallest absolute Gasteiger partial charge is 0.188 e. The van der Waals surface area contributed by atoms with E-state index < -0.39 is 0 Å². The highest BCUT2D eigenvalue weighted by atomic mass is 127. The first-order chi connectivity index (χ1) is 8.63. The summed E-state index contributed by atoms with van der Waals surface area (Å²) in [7, 11) is 0. The number of halogens is 1. The van der Waals surface area contributed by atoms with Gasteiger partial charge in [-0.1, -0.05) is 25.1 Å². The van der Waals surface area contributed by atoms with Crippen LogP contribution in [0.25, 0.3) is 0 Å². The monoisotopic (exact) mass is 377 g/mol. The number of nitrogens with two attached hydrogens (primary N) is 1. The summed E-state index contributed by atoms with van der Waals surface area (Å²) in [5, 5.41) is 3.05. The van der Waals surface area contributed by atoms with E-state index in [-0.39, 0.29) is 30.1 Å². The molecule has 1 rings (SSSR count). The second-order valence-electron chi connectivity index (χ2n) is 4.40. The quantitative estimate of drug-likeness (QED) is 0.455. The van der Waals surface area contributed by atoms with E-state index in [1.165, 1.54) is 0 Å². The highest BCUT2D eigenvalue weighted by Gasteiger charge is 2.04. The minimum atomic E-state index is 0. The van der Waals surface area contributed by atoms with Crippen molar-refractivity contribution in [3.8, 4) is 5.75 Å². The summed E-state index contributed by atoms with van der Waals surface area (Å²) in [6.07, 6.45) is 1.19. The van der Waals surface area contributed by atoms with E-state index in [0.717, 1.165) is 24.3 Å². The summed E-state index contributed by atoms with van der Waals surface area (Å²) < 4.78 is 5.73. The van der Waals surface area contributed by atoms with Crippen LogP contribution >= 0.6 is 24.0 Å². The van der Waals surface area contributed by atoms with Gasteiger partial charge < -0.3 is 15.8 Å². The lowest BCUT2D eigenvalue weighted by Gasteiger charge is -2.13. The highest BCUT2D eigenvalue weighted by molar-refractivity contribution is 14.0.